The summed E-state index contributed by atoms with van der Waals surface area (Å²) in [5.41, 5.74) is 7.33. The molecule has 0 aliphatic carbocycles. The van der Waals surface area contributed by atoms with E-state index in [1.54, 1.807) is 35.9 Å². The molecule has 0 amide bonds. The van der Waals surface area contributed by atoms with E-state index in [0.29, 0.717) is 11.5 Å². The molecule has 0 N–H and O–H groups in total. The summed E-state index contributed by atoms with van der Waals surface area (Å²) in [5.74, 6) is 0.335. The summed E-state index contributed by atoms with van der Waals surface area (Å²) in [5, 5.41) is 16.2. The number of benzene rings is 4. The van der Waals surface area contributed by atoms with E-state index in [1.807, 2.05) is 36.4 Å². The van der Waals surface area contributed by atoms with Crippen LogP contribution in [0.4, 0.5) is 5.82 Å². The normalized spacial score (nSPS) is 11.2. The third kappa shape index (κ3) is 4.77. The summed E-state index contributed by atoms with van der Waals surface area (Å²) in [4.78, 5) is 22.3. The highest BCUT2D eigenvalue weighted by molar-refractivity contribution is 7.25. The van der Waals surface area contributed by atoms with Crippen LogP contribution in [0, 0.1) is 17.9 Å². The molecule has 0 radical (unpaired) electrons. The van der Waals surface area contributed by atoms with Gasteiger partial charge in [-0.3, -0.25) is 0 Å². The lowest BCUT2D eigenvalue weighted by Gasteiger charge is -2.18. The predicted octanol–water partition coefficient (Wildman–Crippen LogP) is 11.0. The van der Waals surface area contributed by atoms with E-state index < -0.39 is 0 Å². The first-order valence-electron chi connectivity index (χ1n) is 15.6. The maximum absolute atomic E-state index is 9.49. The number of hydrogen-bond acceptors (Lipinski definition) is 6. The van der Waals surface area contributed by atoms with E-state index in [1.165, 1.54) is 20.2 Å². The molecule has 6 nitrogen and oxygen atoms in total. The number of aromatic nitrogens is 4. The summed E-state index contributed by atoms with van der Waals surface area (Å²) in [6, 6.07) is 43.2. The summed E-state index contributed by atoms with van der Waals surface area (Å²) in [6.45, 7) is 7.46. The number of pyridine rings is 4. The Bertz CT molecular complexity index is 2880. The van der Waals surface area contributed by atoms with Crippen molar-refractivity contribution in [1.29, 1.82) is 5.26 Å². The number of hydrogen-bond donors (Lipinski definition) is 0. The molecular weight excluding hydrogens is 621 g/mol. The molecule has 0 fully saturated rings. The van der Waals surface area contributed by atoms with Gasteiger partial charge in [0.15, 0.2) is 0 Å². The zero-order valence-corrected chi connectivity index (χ0v) is 26.6. The second-order valence-corrected chi connectivity index (χ2v) is 12.7. The number of rotatable bonds is 4. The largest absolute Gasteiger partial charge is 0.361 e. The van der Waals surface area contributed by atoms with E-state index >= 15 is 0 Å². The van der Waals surface area contributed by atoms with Crippen molar-refractivity contribution in [3.8, 4) is 51.1 Å². The molecule has 5 aromatic heterocycles. The fraction of sp³-hybridized carbons (Fsp3) is 0. The second-order valence-electron chi connectivity index (χ2n) is 11.7. The average Bonchev–Trinajstić information content (AvgIpc) is 3.53. The van der Waals surface area contributed by atoms with Crippen LogP contribution in [-0.4, -0.2) is 19.9 Å². The van der Waals surface area contributed by atoms with Gasteiger partial charge in [0.2, 0.25) is 0 Å². The van der Waals surface area contributed by atoms with Gasteiger partial charge in [0.25, 0.3) is 5.82 Å². The van der Waals surface area contributed by atoms with Crippen LogP contribution in [0.25, 0.3) is 91.6 Å². The highest BCUT2D eigenvalue weighted by atomic mass is 32.1. The number of fused-ring (bicyclic) bond motifs is 5. The van der Waals surface area contributed by atoms with Crippen molar-refractivity contribution in [2.45, 2.75) is 0 Å². The van der Waals surface area contributed by atoms with Gasteiger partial charge in [-0.05, 0) is 93.8 Å². The molecule has 0 saturated heterocycles. The number of thiophene rings is 1. The fourth-order valence-electron chi connectivity index (χ4n) is 6.71. The van der Waals surface area contributed by atoms with Gasteiger partial charge < -0.3 is 4.85 Å². The monoisotopic (exact) mass is 642 g/mol. The topological polar surface area (TPSA) is 79.7 Å². The van der Waals surface area contributed by atoms with E-state index in [-0.39, 0.29) is 0 Å². The molecule has 9 rings (SSSR count). The molecule has 49 heavy (non-hydrogen) atoms. The minimum atomic E-state index is 0.335. The first-order valence-corrected chi connectivity index (χ1v) is 16.4. The van der Waals surface area contributed by atoms with Gasteiger partial charge in [-0.25, -0.2) is 15.0 Å². The van der Waals surface area contributed by atoms with E-state index in [4.69, 9.17) is 16.5 Å². The lowest BCUT2D eigenvalue weighted by Crippen LogP contribution is -1.95. The Morgan fingerprint density at radius 2 is 1.12 bits per heavy atom. The summed E-state index contributed by atoms with van der Waals surface area (Å²) < 4.78 is 2.44. The molecule has 9 aromatic rings. The molecule has 0 spiro atoms. The van der Waals surface area contributed by atoms with Gasteiger partial charge in [0.05, 0.1) is 22.8 Å². The van der Waals surface area contributed by atoms with E-state index in [0.717, 1.165) is 66.6 Å². The Hall–Kier alpha value is -6.80. The van der Waals surface area contributed by atoms with E-state index in [2.05, 4.69) is 93.7 Å². The highest BCUT2D eigenvalue weighted by Crippen LogP contribution is 2.47. The first-order chi connectivity index (χ1) is 24.2. The fourth-order valence-corrected chi connectivity index (χ4v) is 7.83. The lowest BCUT2D eigenvalue weighted by molar-refractivity contribution is 1.25. The summed E-state index contributed by atoms with van der Waals surface area (Å²) >= 11 is 1.79. The Morgan fingerprint density at radius 1 is 0.531 bits per heavy atom. The van der Waals surface area contributed by atoms with Crippen molar-refractivity contribution in [3.05, 3.63) is 151 Å². The van der Waals surface area contributed by atoms with Crippen molar-refractivity contribution in [3.63, 3.8) is 0 Å². The predicted molar refractivity (Wildman–Crippen MR) is 198 cm³/mol. The van der Waals surface area contributed by atoms with Crippen LogP contribution in [0.5, 0.6) is 0 Å². The SMILES string of the molecule is [C-]#[N+]c1cc(-c2cccc(-c3c4ccccc4c(-c4cccc(-c5ccnc(C#N)c5)n4)c4cc5sc6ccccc6c5cc34)n2)ccn1. The lowest BCUT2D eigenvalue weighted by atomic mass is 9.87. The van der Waals surface area contributed by atoms with Crippen molar-refractivity contribution in [1.82, 2.24) is 19.9 Å². The van der Waals surface area contributed by atoms with Crippen molar-refractivity contribution >= 4 is 58.9 Å². The minimum absolute atomic E-state index is 0.335. The Kier molecular flexibility index (Phi) is 6.65. The second kappa shape index (κ2) is 11.5. The van der Waals surface area contributed by atoms with Crippen LogP contribution in [0.2, 0.25) is 0 Å². The third-order valence-electron chi connectivity index (χ3n) is 8.86. The molecule has 0 unspecified atom stereocenters. The molecule has 7 heteroatoms. The Balaban J connectivity index is 1.38. The zero-order valence-electron chi connectivity index (χ0n) is 25.8. The standard InChI is InChI=1S/C42H22N6S/c1-44-40-21-26(17-19-46-40)35-12-7-13-36(48-35)41-29-9-2-3-10-30(29)42(37-14-6-11-34(47-37)25-16-18-45-27(20-25)24-43)33-23-39-31(22-32(33)41)28-8-4-5-15-38(28)49-39/h2-23H. The maximum Gasteiger partial charge on any atom is 0.270 e. The highest BCUT2D eigenvalue weighted by Gasteiger charge is 2.21. The number of nitrogens with zero attached hydrogens (tertiary/aromatic N) is 6. The summed E-state index contributed by atoms with van der Waals surface area (Å²) in [6.07, 6.45) is 3.30. The van der Waals surface area contributed by atoms with Gasteiger partial charge >= 0.3 is 0 Å². The van der Waals surface area contributed by atoms with Crippen molar-refractivity contribution < 1.29 is 0 Å². The Morgan fingerprint density at radius 3 is 1.80 bits per heavy atom. The third-order valence-corrected chi connectivity index (χ3v) is 9.99. The molecule has 0 saturated carbocycles. The Labute approximate surface area is 285 Å². The smallest absolute Gasteiger partial charge is 0.270 e. The van der Waals surface area contributed by atoms with Crippen molar-refractivity contribution in [2.75, 3.05) is 0 Å². The molecule has 0 aliphatic heterocycles. The summed E-state index contributed by atoms with van der Waals surface area (Å²) in [7, 11) is 0. The van der Waals surface area contributed by atoms with Crippen LogP contribution in [0.1, 0.15) is 5.69 Å². The number of nitriles is 1. The molecule has 226 valence electrons. The first kappa shape index (κ1) is 28.4. The van der Waals surface area contributed by atoms with Crippen LogP contribution in [0.15, 0.2) is 134 Å². The van der Waals surface area contributed by atoms with Gasteiger partial charge in [-0.15, -0.1) is 16.3 Å². The molecule has 4 aromatic carbocycles. The van der Waals surface area contributed by atoms with Crippen LogP contribution in [-0.2, 0) is 0 Å². The van der Waals surface area contributed by atoms with Crippen molar-refractivity contribution in [2.24, 2.45) is 0 Å². The van der Waals surface area contributed by atoms with Gasteiger partial charge in [0.1, 0.15) is 18.0 Å². The molecule has 5 heterocycles. The van der Waals surface area contributed by atoms with Gasteiger partial charge in [-0.2, -0.15) is 5.26 Å². The van der Waals surface area contributed by atoms with Gasteiger partial charge in [-0.1, -0.05) is 61.2 Å². The molecular formula is C42H22N6S. The molecule has 0 atom stereocenters. The minimum Gasteiger partial charge on any atom is -0.361 e. The van der Waals surface area contributed by atoms with E-state index in [9.17, 15) is 5.26 Å². The molecule has 0 bridgehead atoms. The van der Waals surface area contributed by atoms with Crippen LogP contribution >= 0.6 is 11.3 Å². The zero-order chi connectivity index (χ0) is 32.9. The average molecular weight is 643 g/mol. The maximum atomic E-state index is 9.49. The van der Waals surface area contributed by atoms with Crippen LogP contribution < -0.4 is 0 Å². The van der Waals surface area contributed by atoms with Crippen LogP contribution in [0.3, 0.4) is 0 Å². The quantitative estimate of drug-likeness (QED) is 0.141. The molecule has 0 aliphatic rings. The van der Waals surface area contributed by atoms with Gasteiger partial charge in [0, 0.05) is 43.1 Å².